The molecule has 0 aliphatic carbocycles. The molecule has 0 saturated carbocycles. The Kier molecular flexibility index (Phi) is 3.12. The maximum absolute atomic E-state index is 5.69. The lowest BCUT2D eigenvalue weighted by atomic mass is 10.00. The first-order chi connectivity index (χ1) is 12.3. The molecule has 0 saturated heterocycles. The molecule has 0 fully saturated rings. The van der Waals surface area contributed by atoms with Gasteiger partial charge < -0.3 is 18.9 Å². The van der Waals surface area contributed by atoms with Crippen molar-refractivity contribution in [3.63, 3.8) is 0 Å². The van der Waals surface area contributed by atoms with Crippen LogP contribution < -0.4 is 23.5 Å². The highest BCUT2D eigenvalue weighted by Crippen LogP contribution is 2.42. The van der Waals surface area contributed by atoms with Crippen LogP contribution in [0.4, 0.5) is 0 Å². The van der Waals surface area contributed by atoms with Gasteiger partial charge in [-0.2, -0.15) is 4.57 Å². The van der Waals surface area contributed by atoms with Crippen LogP contribution >= 0.6 is 12.4 Å². The molecule has 0 radical (unpaired) electrons. The molecule has 0 spiro atoms. The zero-order valence-corrected chi connectivity index (χ0v) is 14.8. The third kappa shape index (κ3) is 1.89. The first-order valence-corrected chi connectivity index (χ1v) is 8.16. The van der Waals surface area contributed by atoms with E-state index in [1.54, 1.807) is 0 Å². The highest BCUT2D eigenvalue weighted by molar-refractivity contribution is 6.15. The number of hydrogen-bond donors (Lipinski definition) is 0. The molecule has 130 valence electrons. The van der Waals surface area contributed by atoms with Crippen molar-refractivity contribution in [2.24, 2.45) is 7.05 Å². The van der Waals surface area contributed by atoms with Crippen LogP contribution in [0.3, 0.4) is 0 Å². The van der Waals surface area contributed by atoms with Gasteiger partial charge in [-0.1, -0.05) is 6.07 Å². The third-order valence-electron chi connectivity index (χ3n) is 5.03. The maximum Gasteiger partial charge on any atom is 0.231 e. The summed E-state index contributed by atoms with van der Waals surface area (Å²) in [6, 6.07) is 12.5. The number of aryl methyl sites for hydroxylation is 1. The Hall–Kier alpha value is -2.92. The molecule has 0 atom stereocenters. The Labute approximate surface area is 155 Å². The van der Waals surface area contributed by atoms with Gasteiger partial charge >= 0.3 is 0 Å². The summed E-state index contributed by atoms with van der Waals surface area (Å²) in [5, 5.41) is 5.66. The molecule has 0 unspecified atom stereocenters. The summed E-state index contributed by atoms with van der Waals surface area (Å²) >= 11 is 0. The quantitative estimate of drug-likeness (QED) is 0.349. The molecule has 2 aliphatic heterocycles. The summed E-state index contributed by atoms with van der Waals surface area (Å²) in [5.74, 6) is 3.22. The lowest BCUT2D eigenvalue weighted by molar-refractivity contribution is -0.642. The Morgan fingerprint density at radius 3 is 2.35 bits per heavy atom. The highest BCUT2D eigenvalue weighted by atomic mass is 35.5. The predicted molar refractivity (Wildman–Crippen MR) is 99.6 cm³/mol. The number of pyridine rings is 1. The molecule has 6 rings (SSSR count). The molecule has 26 heavy (non-hydrogen) atoms. The summed E-state index contributed by atoms with van der Waals surface area (Å²) < 4.78 is 24.4. The van der Waals surface area contributed by atoms with Gasteiger partial charge in [0.15, 0.2) is 29.2 Å². The van der Waals surface area contributed by atoms with E-state index in [2.05, 4.69) is 42.1 Å². The van der Waals surface area contributed by atoms with Crippen LogP contribution in [-0.2, 0) is 7.05 Å². The van der Waals surface area contributed by atoms with Gasteiger partial charge in [0.25, 0.3) is 0 Å². The Balaban J connectivity index is 0.00000150. The maximum atomic E-state index is 5.69. The standard InChI is InChI=1S/C20H14NO4.ClH/c1-21-8-15-12(4-5-16-20(15)25-10-22-16)13-3-2-11-6-17-18(24-9-23-17)7-14(11)19(13)21;/h2-8H,9-10H2,1H3;1H/q+1;. The predicted octanol–water partition coefficient (Wildman–Crippen LogP) is 3.85. The number of halogens is 1. The third-order valence-corrected chi connectivity index (χ3v) is 5.03. The van der Waals surface area contributed by atoms with Crippen LogP contribution in [0.1, 0.15) is 0 Å². The fourth-order valence-electron chi connectivity index (χ4n) is 3.91. The second-order valence-electron chi connectivity index (χ2n) is 6.39. The second kappa shape index (κ2) is 5.29. The summed E-state index contributed by atoms with van der Waals surface area (Å²) in [5.41, 5.74) is 1.15. The molecule has 0 bridgehead atoms. The average molecular weight is 369 g/mol. The molecular weight excluding hydrogens is 354 g/mol. The van der Waals surface area contributed by atoms with E-state index in [-0.39, 0.29) is 26.0 Å². The minimum Gasteiger partial charge on any atom is -0.454 e. The van der Waals surface area contributed by atoms with Crippen LogP contribution in [-0.4, -0.2) is 13.6 Å². The first-order valence-electron chi connectivity index (χ1n) is 8.16. The van der Waals surface area contributed by atoms with Gasteiger partial charge in [-0.3, -0.25) is 0 Å². The topological polar surface area (TPSA) is 40.8 Å². The monoisotopic (exact) mass is 368 g/mol. The second-order valence-corrected chi connectivity index (χ2v) is 6.39. The Morgan fingerprint density at radius 1 is 0.731 bits per heavy atom. The van der Waals surface area contributed by atoms with Crippen molar-refractivity contribution in [1.82, 2.24) is 0 Å². The van der Waals surface area contributed by atoms with E-state index < -0.39 is 0 Å². The van der Waals surface area contributed by atoms with Crippen molar-refractivity contribution in [3.05, 3.63) is 42.6 Å². The van der Waals surface area contributed by atoms with Crippen LogP contribution in [0.2, 0.25) is 0 Å². The number of aromatic nitrogens is 1. The van der Waals surface area contributed by atoms with Gasteiger partial charge in [0.05, 0.1) is 16.2 Å². The van der Waals surface area contributed by atoms with E-state index in [1.165, 1.54) is 5.39 Å². The summed E-state index contributed by atoms with van der Waals surface area (Å²) in [6.07, 6.45) is 2.11. The number of fused-ring (bicyclic) bond motifs is 8. The molecule has 6 heteroatoms. The summed E-state index contributed by atoms with van der Waals surface area (Å²) in [6.45, 7) is 0.555. The van der Waals surface area contributed by atoms with E-state index in [1.807, 2.05) is 12.1 Å². The van der Waals surface area contributed by atoms with Gasteiger partial charge in [-0.15, -0.1) is 12.4 Å². The van der Waals surface area contributed by atoms with Gasteiger partial charge in [0.2, 0.25) is 19.1 Å². The van der Waals surface area contributed by atoms with E-state index in [4.69, 9.17) is 18.9 Å². The smallest absolute Gasteiger partial charge is 0.231 e. The molecule has 2 aliphatic rings. The van der Waals surface area contributed by atoms with Gasteiger partial charge in [0, 0.05) is 5.39 Å². The zero-order valence-electron chi connectivity index (χ0n) is 13.9. The minimum atomic E-state index is 0. The summed E-state index contributed by atoms with van der Waals surface area (Å²) in [7, 11) is 2.06. The van der Waals surface area contributed by atoms with Crippen molar-refractivity contribution in [2.75, 3.05) is 13.6 Å². The van der Waals surface area contributed by atoms with E-state index in [9.17, 15) is 0 Å². The van der Waals surface area contributed by atoms with Crippen LogP contribution in [0.15, 0.2) is 42.6 Å². The minimum absolute atomic E-state index is 0. The lowest BCUT2D eigenvalue weighted by Gasteiger charge is -2.08. The van der Waals surface area contributed by atoms with Crippen LogP contribution in [0.25, 0.3) is 32.4 Å². The molecule has 0 N–H and O–H groups in total. The van der Waals surface area contributed by atoms with Crippen LogP contribution in [0.5, 0.6) is 23.0 Å². The first kappa shape index (κ1) is 15.3. The fourth-order valence-corrected chi connectivity index (χ4v) is 3.91. The Bertz CT molecular complexity index is 1220. The van der Waals surface area contributed by atoms with Crippen molar-refractivity contribution in [3.8, 4) is 23.0 Å². The molecular formula is C20H15ClNO4+. The van der Waals surface area contributed by atoms with Crippen molar-refractivity contribution < 1.29 is 23.5 Å². The van der Waals surface area contributed by atoms with Gasteiger partial charge in [0.1, 0.15) is 7.05 Å². The SMILES string of the molecule is C[n+]1cc2c3c(ccc2c2ccc4cc5c(cc4c21)OCO5)OCO3.Cl. The van der Waals surface area contributed by atoms with E-state index in [0.717, 1.165) is 50.1 Å². The molecule has 0 amide bonds. The number of hydrogen-bond acceptors (Lipinski definition) is 4. The Morgan fingerprint density at radius 2 is 1.46 bits per heavy atom. The lowest BCUT2D eigenvalue weighted by Crippen LogP contribution is -2.28. The molecule has 4 aromatic rings. The number of nitrogens with zero attached hydrogens (tertiary/aromatic N) is 1. The average Bonchev–Trinajstić information content (AvgIpc) is 3.28. The van der Waals surface area contributed by atoms with Crippen molar-refractivity contribution >= 4 is 44.9 Å². The van der Waals surface area contributed by atoms with Crippen LogP contribution in [0, 0.1) is 0 Å². The molecule has 3 heterocycles. The normalized spacial score (nSPS) is 14.2. The fraction of sp³-hybridized carbons (Fsp3) is 0.150. The van der Waals surface area contributed by atoms with Gasteiger partial charge in [-0.25, -0.2) is 0 Å². The molecule has 1 aromatic heterocycles. The van der Waals surface area contributed by atoms with Gasteiger partial charge in [-0.05, 0) is 35.7 Å². The number of benzene rings is 3. The zero-order chi connectivity index (χ0) is 16.5. The summed E-state index contributed by atoms with van der Waals surface area (Å²) in [4.78, 5) is 0. The largest absolute Gasteiger partial charge is 0.454 e. The number of rotatable bonds is 0. The highest BCUT2D eigenvalue weighted by Gasteiger charge is 2.24. The number of ether oxygens (including phenoxy) is 4. The van der Waals surface area contributed by atoms with Crippen molar-refractivity contribution in [1.29, 1.82) is 0 Å². The molecule has 5 nitrogen and oxygen atoms in total. The van der Waals surface area contributed by atoms with Crippen molar-refractivity contribution in [2.45, 2.75) is 0 Å². The molecule has 3 aromatic carbocycles. The van der Waals surface area contributed by atoms with E-state index in [0.29, 0.717) is 0 Å². The van der Waals surface area contributed by atoms with E-state index >= 15 is 0 Å².